The number of carboxylic acids is 1. The Labute approximate surface area is 101 Å². The Kier molecular flexibility index (Phi) is 4.21. The summed E-state index contributed by atoms with van der Waals surface area (Å²) in [6, 6.07) is 2.66. The third-order valence-corrected chi connectivity index (χ3v) is 4.13. The Bertz CT molecular complexity index is 534. The number of hydrogen-bond donors (Lipinski definition) is 3. The summed E-state index contributed by atoms with van der Waals surface area (Å²) in [7, 11) is -3.77. The Morgan fingerprint density at radius 3 is 2.47 bits per heavy atom. The maximum atomic E-state index is 11.2. The molecule has 7 nitrogen and oxygen atoms in total. The monoisotopic (exact) mass is 278 g/mol. The number of nitrogens with two attached hydrogens (primary N) is 1. The highest BCUT2D eigenvalue weighted by Crippen LogP contribution is 2.24. The minimum atomic E-state index is -3.77. The molecule has 0 spiro atoms. The summed E-state index contributed by atoms with van der Waals surface area (Å²) in [6.07, 6.45) is -0.447. The van der Waals surface area contributed by atoms with Gasteiger partial charge < -0.3 is 10.4 Å². The molecule has 0 aliphatic heterocycles. The molecule has 0 atom stereocenters. The molecule has 1 aromatic rings. The molecule has 1 amide bonds. The molecule has 0 radical (unpaired) electrons. The van der Waals surface area contributed by atoms with Crippen molar-refractivity contribution in [3.8, 4) is 0 Å². The summed E-state index contributed by atoms with van der Waals surface area (Å²) in [5.41, 5.74) is 0. The molecule has 0 saturated heterocycles. The lowest BCUT2D eigenvalue weighted by atomic mass is 10.3. The van der Waals surface area contributed by atoms with E-state index in [0.717, 1.165) is 11.3 Å². The summed E-state index contributed by atoms with van der Waals surface area (Å²) in [4.78, 5) is 21.4. The first-order valence-electron chi connectivity index (χ1n) is 4.43. The molecule has 94 valence electrons. The molecule has 0 saturated carbocycles. The lowest BCUT2D eigenvalue weighted by Gasteiger charge is -1.99. The van der Waals surface area contributed by atoms with Crippen LogP contribution in [0.5, 0.6) is 0 Å². The normalized spacial score (nSPS) is 11.1. The first kappa shape index (κ1) is 13.6. The second-order valence-electron chi connectivity index (χ2n) is 3.11. The number of carbonyl (C=O) groups is 2. The average molecular weight is 278 g/mol. The Morgan fingerprint density at radius 2 is 2.00 bits per heavy atom. The summed E-state index contributed by atoms with van der Waals surface area (Å²) in [6.45, 7) is 0. The van der Waals surface area contributed by atoms with Gasteiger partial charge in [-0.25, -0.2) is 13.6 Å². The van der Waals surface area contributed by atoms with Crippen LogP contribution in [0.3, 0.4) is 0 Å². The molecule has 1 heterocycles. The van der Waals surface area contributed by atoms with Crippen molar-refractivity contribution in [2.75, 3.05) is 5.32 Å². The molecular formula is C8H10N2O5S2. The van der Waals surface area contributed by atoms with Gasteiger partial charge in [-0.3, -0.25) is 9.59 Å². The van der Waals surface area contributed by atoms with E-state index in [0.29, 0.717) is 5.00 Å². The van der Waals surface area contributed by atoms with Crippen molar-refractivity contribution >= 4 is 38.2 Å². The summed E-state index contributed by atoms with van der Waals surface area (Å²) in [5, 5.41) is 16.0. The smallest absolute Gasteiger partial charge is 0.303 e. The number of hydrogen-bond acceptors (Lipinski definition) is 5. The second kappa shape index (κ2) is 5.25. The number of amides is 1. The number of nitrogens with one attached hydrogen (secondary N) is 1. The van der Waals surface area contributed by atoms with E-state index in [4.69, 9.17) is 10.2 Å². The van der Waals surface area contributed by atoms with Crippen LogP contribution in [0.4, 0.5) is 5.00 Å². The summed E-state index contributed by atoms with van der Waals surface area (Å²) < 4.78 is 21.8. The first-order valence-corrected chi connectivity index (χ1v) is 6.79. The van der Waals surface area contributed by atoms with Crippen molar-refractivity contribution in [2.45, 2.75) is 17.1 Å². The number of sulfonamides is 1. The molecule has 0 aromatic carbocycles. The van der Waals surface area contributed by atoms with Gasteiger partial charge in [0.1, 0.15) is 4.21 Å². The molecule has 1 aromatic heterocycles. The molecule has 9 heteroatoms. The predicted octanol–water partition coefficient (Wildman–Crippen LogP) is 0.199. The topological polar surface area (TPSA) is 127 Å². The standard InChI is InChI=1S/C8H10N2O5S2/c9-17(14,15)8-4-2-6(16-8)10-5(11)1-3-7(12)13/h2,4H,1,3H2,(H,10,11)(H,12,13)(H2,9,14,15). The molecule has 0 fully saturated rings. The van der Waals surface area contributed by atoms with Gasteiger partial charge in [-0.05, 0) is 12.1 Å². The minimum absolute atomic E-state index is 0.0639. The first-order chi connectivity index (χ1) is 7.79. The maximum Gasteiger partial charge on any atom is 0.303 e. The Balaban J connectivity index is 2.61. The van der Waals surface area contributed by atoms with Gasteiger partial charge in [0, 0.05) is 6.42 Å². The molecule has 17 heavy (non-hydrogen) atoms. The van der Waals surface area contributed by atoms with Crippen LogP contribution in [0.2, 0.25) is 0 Å². The average Bonchev–Trinajstić information content (AvgIpc) is 2.62. The van der Waals surface area contributed by atoms with Gasteiger partial charge in [0.2, 0.25) is 15.9 Å². The van der Waals surface area contributed by atoms with Gasteiger partial charge >= 0.3 is 5.97 Å². The third kappa shape index (κ3) is 4.51. The van der Waals surface area contributed by atoms with Crippen molar-refractivity contribution in [3.63, 3.8) is 0 Å². The Hall–Kier alpha value is -1.45. The zero-order chi connectivity index (χ0) is 13.1. The highest BCUT2D eigenvalue weighted by molar-refractivity contribution is 7.91. The van der Waals surface area contributed by atoms with Crippen LogP contribution in [-0.2, 0) is 19.6 Å². The number of thiophene rings is 1. The predicted molar refractivity (Wildman–Crippen MR) is 61.2 cm³/mol. The molecule has 4 N–H and O–H groups in total. The van der Waals surface area contributed by atoms with E-state index < -0.39 is 21.9 Å². The van der Waals surface area contributed by atoms with Gasteiger partial charge in [-0.2, -0.15) is 0 Å². The quantitative estimate of drug-likeness (QED) is 0.709. The number of carbonyl (C=O) groups excluding carboxylic acids is 1. The summed E-state index contributed by atoms with van der Waals surface area (Å²) >= 11 is 0.810. The van der Waals surface area contributed by atoms with E-state index in [1.54, 1.807) is 0 Å². The molecule has 0 aliphatic carbocycles. The van der Waals surface area contributed by atoms with Crippen molar-refractivity contribution in [2.24, 2.45) is 5.14 Å². The van der Waals surface area contributed by atoms with Crippen molar-refractivity contribution in [1.82, 2.24) is 0 Å². The fourth-order valence-corrected chi connectivity index (χ4v) is 2.61. The highest BCUT2D eigenvalue weighted by Gasteiger charge is 2.13. The number of carboxylic acid groups (broad SMARTS) is 1. The summed E-state index contributed by atoms with van der Waals surface area (Å²) in [5.74, 6) is -1.56. The van der Waals surface area contributed by atoms with Gasteiger partial charge in [0.05, 0.1) is 11.4 Å². The van der Waals surface area contributed by atoms with Crippen LogP contribution in [0.1, 0.15) is 12.8 Å². The van der Waals surface area contributed by atoms with Gasteiger partial charge in [0.15, 0.2) is 0 Å². The fraction of sp³-hybridized carbons (Fsp3) is 0.250. The molecule has 0 unspecified atom stereocenters. The third-order valence-electron chi connectivity index (χ3n) is 1.69. The molecular weight excluding hydrogens is 268 g/mol. The zero-order valence-corrected chi connectivity index (χ0v) is 10.2. The zero-order valence-electron chi connectivity index (χ0n) is 8.54. The van der Waals surface area contributed by atoms with Crippen molar-refractivity contribution in [1.29, 1.82) is 0 Å². The number of anilines is 1. The van der Waals surface area contributed by atoms with Gasteiger partial charge in [0.25, 0.3) is 0 Å². The molecule has 0 bridgehead atoms. The Morgan fingerprint density at radius 1 is 1.35 bits per heavy atom. The lowest BCUT2D eigenvalue weighted by molar-refractivity contribution is -0.138. The van der Waals surface area contributed by atoms with Crippen LogP contribution < -0.4 is 10.5 Å². The van der Waals surface area contributed by atoms with E-state index in [2.05, 4.69) is 5.32 Å². The highest BCUT2D eigenvalue weighted by atomic mass is 32.2. The van der Waals surface area contributed by atoms with Gasteiger partial charge in [-0.1, -0.05) is 0 Å². The van der Waals surface area contributed by atoms with E-state index >= 15 is 0 Å². The number of primary sulfonamides is 1. The van der Waals surface area contributed by atoms with E-state index in [-0.39, 0.29) is 17.1 Å². The van der Waals surface area contributed by atoms with E-state index in [9.17, 15) is 18.0 Å². The van der Waals surface area contributed by atoms with Crippen LogP contribution in [0, 0.1) is 0 Å². The SMILES string of the molecule is NS(=O)(=O)c1ccc(NC(=O)CCC(=O)O)s1. The van der Waals surface area contributed by atoms with Crippen molar-refractivity contribution in [3.05, 3.63) is 12.1 Å². The molecule has 1 rings (SSSR count). The van der Waals surface area contributed by atoms with E-state index in [1.165, 1.54) is 12.1 Å². The lowest BCUT2D eigenvalue weighted by Crippen LogP contribution is -2.12. The van der Waals surface area contributed by atoms with Crippen molar-refractivity contribution < 1.29 is 23.1 Å². The largest absolute Gasteiger partial charge is 0.481 e. The van der Waals surface area contributed by atoms with Gasteiger partial charge in [-0.15, -0.1) is 11.3 Å². The van der Waals surface area contributed by atoms with Crippen LogP contribution in [0.15, 0.2) is 16.3 Å². The van der Waals surface area contributed by atoms with Crippen LogP contribution in [0.25, 0.3) is 0 Å². The maximum absolute atomic E-state index is 11.2. The minimum Gasteiger partial charge on any atom is -0.481 e. The van der Waals surface area contributed by atoms with E-state index in [1.807, 2.05) is 0 Å². The number of rotatable bonds is 5. The second-order valence-corrected chi connectivity index (χ2v) is 5.98. The number of aliphatic carboxylic acids is 1. The fourth-order valence-electron chi connectivity index (χ4n) is 0.961. The van der Waals surface area contributed by atoms with Crippen LogP contribution >= 0.6 is 11.3 Å². The molecule has 0 aliphatic rings. The van der Waals surface area contributed by atoms with Crippen LogP contribution in [-0.4, -0.2) is 25.4 Å².